The number of esters is 1. The number of carbonyl (C=O) groups is 2. The number of hydrogen-bond donors (Lipinski definition) is 1. The molecule has 1 rings (SSSR count). The van der Waals surface area contributed by atoms with Crippen LogP contribution >= 0.6 is 0 Å². The molecule has 0 saturated heterocycles. The third kappa shape index (κ3) is 6.89. The Bertz CT molecular complexity index is 327. The van der Waals surface area contributed by atoms with Gasteiger partial charge in [0.2, 0.25) is 5.91 Å². The van der Waals surface area contributed by atoms with Crippen LogP contribution in [0.15, 0.2) is 0 Å². The van der Waals surface area contributed by atoms with Crippen LogP contribution in [-0.2, 0) is 19.1 Å². The molecule has 5 nitrogen and oxygen atoms in total. The Balaban J connectivity index is 2.25. The minimum absolute atomic E-state index is 0.0666. The van der Waals surface area contributed by atoms with E-state index in [0.717, 1.165) is 25.7 Å². The zero-order chi connectivity index (χ0) is 15.2. The van der Waals surface area contributed by atoms with Crippen molar-refractivity contribution >= 4 is 11.9 Å². The molecule has 0 aliphatic heterocycles. The highest BCUT2D eigenvalue weighted by Crippen LogP contribution is 2.27. The molecule has 116 valence electrons. The zero-order valence-electron chi connectivity index (χ0n) is 13.0. The van der Waals surface area contributed by atoms with Crippen LogP contribution in [0.2, 0.25) is 0 Å². The molecule has 0 heterocycles. The number of methoxy groups -OCH3 is 1. The summed E-state index contributed by atoms with van der Waals surface area (Å²) in [5.41, 5.74) is -0.414. The summed E-state index contributed by atoms with van der Waals surface area (Å²) >= 11 is 0. The minimum Gasteiger partial charge on any atom is -0.460 e. The van der Waals surface area contributed by atoms with Gasteiger partial charge in [-0.3, -0.25) is 9.59 Å². The molecule has 0 atom stereocenters. The molecule has 20 heavy (non-hydrogen) atoms. The Morgan fingerprint density at radius 1 is 1.15 bits per heavy atom. The lowest BCUT2D eigenvalue weighted by Crippen LogP contribution is -2.39. The average molecular weight is 285 g/mol. The first kappa shape index (κ1) is 17.0. The smallest absolute Gasteiger partial charge is 0.306 e. The van der Waals surface area contributed by atoms with Crippen LogP contribution in [0.4, 0.5) is 0 Å². The zero-order valence-corrected chi connectivity index (χ0v) is 13.0. The molecule has 1 N–H and O–H groups in total. The molecule has 0 aromatic heterocycles. The molecule has 1 fully saturated rings. The van der Waals surface area contributed by atoms with E-state index in [1.807, 2.05) is 20.8 Å². The van der Waals surface area contributed by atoms with E-state index < -0.39 is 5.60 Å². The van der Waals surface area contributed by atoms with Crippen molar-refractivity contribution in [3.05, 3.63) is 0 Å². The Morgan fingerprint density at radius 2 is 1.75 bits per heavy atom. The molecular weight excluding hydrogens is 258 g/mol. The lowest BCUT2D eigenvalue weighted by atomic mass is 9.84. The lowest BCUT2D eigenvalue weighted by Gasteiger charge is -2.29. The number of rotatable bonds is 5. The largest absolute Gasteiger partial charge is 0.460 e. The van der Waals surface area contributed by atoms with Gasteiger partial charge >= 0.3 is 5.97 Å². The van der Waals surface area contributed by atoms with Crippen LogP contribution < -0.4 is 5.32 Å². The molecule has 0 radical (unpaired) electrons. The monoisotopic (exact) mass is 285 g/mol. The van der Waals surface area contributed by atoms with E-state index >= 15 is 0 Å². The fraction of sp³-hybridized carbons (Fsp3) is 0.867. The van der Waals surface area contributed by atoms with Crippen molar-refractivity contribution in [2.45, 2.75) is 64.5 Å². The standard InChI is InChI=1S/C15H27NO4/c1-15(2,3)20-14(18)9-11-5-7-12(8-6-11)16-13(17)10-19-4/h11-12H,5-10H2,1-4H3,(H,16,17). The highest BCUT2D eigenvalue weighted by Gasteiger charge is 2.26. The van der Waals surface area contributed by atoms with E-state index in [4.69, 9.17) is 9.47 Å². The van der Waals surface area contributed by atoms with Gasteiger partial charge in [0.25, 0.3) is 0 Å². The van der Waals surface area contributed by atoms with Crippen molar-refractivity contribution in [3.8, 4) is 0 Å². The van der Waals surface area contributed by atoms with E-state index in [1.54, 1.807) is 0 Å². The van der Waals surface area contributed by atoms with E-state index in [-0.39, 0.29) is 24.5 Å². The molecular formula is C15H27NO4. The van der Waals surface area contributed by atoms with Crippen molar-refractivity contribution in [1.29, 1.82) is 0 Å². The van der Waals surface area contributed by atoms with Gasteiger partial charge in [0.15, 0.2) is 0 Å². The van der Waals surface area contributed by atoms with Crippen molar-refractivity contribution in [1.82, 2.24) is 5.32 Å². The van der Waals surface area contributed by atoms with Gasteiger partial charge < -0.3 is 14.8 Å². The quantitative estimate of drug-likeness (QED) is 0.785. The average Bonchev–Trinajstić information content (AvgIpc) is 2.29. The Morgan fingerprint density at radius 3 is 2.25 bits per heavy atom. The molecule has 5 heteroatoms. The molecule has 0 spiro atoms. The van der Waals surface area contributed by atoms with Gasteiger partial charge in [0.05, 0.1) is 0 Å². The predicted molar refractivity (Wildman–Crippen MR) is 76.2 cm³/mol. The highest BCUT2D eigenvalue weighted by molar-refractivity contribution is 5.77. The van der Waals surface area contributed by atoms with E-state index in [2.05, 4.69) is 5.32 Å². The van der Waals surface area contributed by atoms with Gasteiger partial charge in [-0.25, -0.2) is 0 Å². The van der Waals surface area contributed by atoms with Crippen molar-refractivity contribution in [2.24, 2.45) is 5.92 Å². The fourth-order valence-corrected chi connectivity index (χ4v) is 2.53. The first-order valence-corrected chi connectivity index (χ1v) is 7.30. The predicted octanol–water partition coefficient (Wildman–Crippen LogP) is 2.04. The maximum Gasteiger partial charge on any atom is 0.306 e. The molecule has 0 aromatic carbocycles. The summed E-state index contributed by atoms with van der Waals surface area (Å²) in [6.45, 7) is 5.76. The van der Waals surface area contributed by atoms with Crippen LogP contribution in [-0.4, -0.2) is 37.2 Å². The van der Waals surface area contributed by atoms with Crippen LogP contribution in [0.3, 0.4) is 0 Å². The first-order valence-electron chi connectivity index (χ1n) is 7.30. The molecule has 0 unspecified atom stereocenters. The Kier molecular flexibility index (Phi) is 6.46. The summed E-state index contributed by atoms with van der Waals surface area (Å²) in [6.07, 6.45) is 4.23. The van der Waals surface area contributed by atoms with Gasteiger partial charge in [0, 0.05) is 19.6 Å². The third-order valence-corrected chi connectivity index (χ3v) is 3.36. The summed E-state index contributed by atoms with van der Waals surface area (Å²) in [4.78, 5) is 23.2. The fourth-order valence-electron chi connectivity index (χ4n) is 2.53. The molecule has 1 saturated carbocycles. The number of nitrogens with one attached hydrogen (secondary N) is 1. The second-order valence-electron chi connectivity index (χ2n) is 6.51. The van der Waals surface area contributed by atoms with Crippen LogP contribution in [0.25, 0.3) is 0 Å². The van der Waals surface area contributed by atoms with Crippen molar-refractivity contribution in [3.63, 3.8) is 0 Å². The summed E-state index contributed by atoms with van der Waals surface area (Å²) in [7, 11) is 1.51. The second-order valence-corrected chi connectivity index (χ2v) is 6.51. The van der Waals surface area contributed by atoms with Gasteiger partial charge in [-0.2, -0.15) is 0 Å². The highest BCUT2D eigenvalue weighted by atomic mass is 16.6. The van der Waals surface area contributed by atoms with E-state index in [9.17, 15) is 9.59 Å². The number of carbonyl (C=O) groups excluding carboxylic acids is 2. The summed E-state index contributed by atoms with van der Waals surface area (Å²) in [5, 5.41) is 2.95. The molecule has 0 bridgehead atoms. The van der Waals surface area contributed by atoms with E-state index in [1.165, 1.54) is 7.11 Å². The normalized spacial score (nSPS) is 23.2. The van der Waals surface area contributed by atoms with Gasteiger partial charge in [-0.15, -0.1) is 0 Å². The van der Waals surface area contributed by atoms with Gasteiger partial charge in [0.1, 0.15) is 12.2 Å². The Hall–Kier alpha value is -1.10. The minimum atomic E-state index is -0.414. The van der Waals surface area contributed by atoms with E-state index in [0.29, 0.717) is 12.3 Å². The van der Waals surface area contributed by atoms with Crippen molar-refractivity contribution in [2.75, 3.05) is 13.7 Å². The summed E-state index contributed by atoms with van der Waals surface area (Å²) in [6, 6.07) is 0.215. The molecule has 1 aliphatic carbocycles. The Labute approximate surface area is 121 Å². The van der Waals surface area contributed by atoms with Crippen LogP contribution in [0.5, 0.6) is 0 Å². The maximum absolute atomic E-state index is 11.8. The number of ether oxygens (including phenoxy) is 2. The maximum atomic E-state index is 11.8. The third-order valence-electron chi connectivity index (χ3n) is 3.36. The number of amides is 1. The molecule has 1 aliphatic rings. The van der Waals surface area contributed by atoms with Crippen LogP contribution in [0, 0.1) is 5.92 Å². The van der Waals surface area contributed by atoms with Crippen molar-refractivity contribution < 1.29 is 19.1 Å². The lowest BCUT2D eigenvalue weighted by molar-refractivity contribution is -0.156. The summed E-state index contributed by atoms with van der Waals surface area (Å²) in [5.74, 6) is 0.188. The molecule has 1 amide bonds. The van der Waals surface area contributed by atoms with Crippen LogP contribution in [0.1, 0.15) is 52.9 Å². The molecule has 0 aromatic rings. The van der Waals surface area contributed by atoms with Gasteiger partial charge in [-0.05, 0) is 52.4 Å². The van der Waals surface area contributed by atoms with Gasteiger partial charge in [-0.1, -0.05) is 0 Å². The second kappa shape index (κ2) is 7.62. The first-order chi connectivity index (χ1) is 9.30. The SMILES string of the molecule is COCC(=O)NC1CCC(CC(=O)OC(C)(C)C)CC1. The number of hydrogen-bond acceptors (Lipinski definition) is 4. The topological polar surface area (TPSA) is 64.6 Å². The summed E-state index contributed by atoms with van der Waals surface area (Å²) < 4.78 is 10.1.